The van der Waals surface area contributed by atoms with E-state index < -0.39 is 0 Å². The molecule has 0 saturated heterocycles. The molecule has 1 saturated carbocycles. The zero-order valence-corrected chi connectivity index (χ0v) is 16.8. The molecule has 0 aromatic rings. The van der Waals surface area contributed by atoms with Crippen LogP contribution in [0, 0.1) is 5.41 Å². The van der Waals surface area contributed by atoms with Crippen molar-refractivity contribution < 1.29 is 9.47 Å². The molecular weight excluding hydrogens is 393 g/mol. The minimum Gasteiger partial charge on any atom is -0.382 e. The Labute approximate surface area is 153 Å². The third-order valence-corrected chi connectivity index (χ3v) is 4.27. The summed E-state index contributed by atoms with van der Waals surface area (Å²) < 4.78 is 10.4. The van der Waals surface area contributed by atoms with Crippen LogP contribution in [0.25, 0.3) is 0 Å². The van der Waals surface area contributed by atoms with E-state index >= 15 is 0 Å². The number of hydrogen-bond donors (Lipinski definition) is 2. The van der Waals surface area contributed by atoms with Gasteiger partial charge < -0.3 is 20.1 Å². The van der Waals surface area contributed by atoms with Crippen LogP contribution in [0.15, 0.2) is 4.99 Å². The molecule has 0 amide bonds. The number of hydrogen-bond acceptors (Lipinski definition) is 3. The lowest BCUT2D eigenvalue weighted by Crippen LogP contribution is -2.40. The van der Waals surface area contributed by atoms with Crippen LogP contribution >= 0.6 is 24.0 Å². The first-order chi connectivity index (χ1) is 10.3. The Kier molecular flexibility index (Phi) is 13.3. The molecule has 0 unspecified atom stereocenters. The van der Waals surface area contributed by atoms with Gasteiger partial charge in [0.2, 0.25) is 0 Å². The normalized spacial score (nSPS) is 16.6. The predicted octanol–water partition coefficient (Wildman–Crippen LogP) is 2.79. The second-order valence-corrected chi connectivity index (χ2v) is 5.79. The molecule has 0 aromatic carbocycles. The van der Waals surface area contributed by atoms with Crippen LogP contribution in [-0.2, 0) is 9.47 Å². The van der Waals surface area contributed by atoms with Crippen molar-refractivity contribution in [2.24, 2.45) is 10.4 Å². The van der Waals surface area contributed by atoms with Crippen molar-refractivity contribution in [1.29, 1.82) is 0 Å². The first-order valence-corrected chi connectivity index (χ1v) is 8.35. The van der Waals surface area contributed by atoms with Gasteiger partial charge in [-0.15, -0.1) is 24.0 Å². The quantitative estimate of drug-likeness (QED) is 0.231. The number of rotatable bonds is 11. The fourth-order valence-corrected chi connectivity index (χ4v) is 2.51. The molecule has 0 radical (unpaired) electrons. The molecule has 0 bridgehead atoms. The molecule has 0 atom stereocenters. The van der Waals surface area contributed by atoms with Crippen LogP contribution in [0.5, 0.6) is 0 Å². The third kappa shape index (κ3) is 8.53. The molecule has 1 rings (SSSR count). The number of methoxy groups -OCH3 is 1. The summed E-state index contributed by atoms with van der Waals surface area (Å²) in [4.78, 5) is 4.76. The van der Waals surface area contributed by atoms with Crippen molar-refractivity contribution >= 4 is 29.9 Å². The number of nitrogens with one attached hydrogen (secondary N) is 2. The molecule has 0 aliphatic heterocycles. The highest BCUT2D eigenvalue weighted by Crippen LogP contribution is 2.43. The highest BCUT2D eigenvalue weighted by atomic mass is 127. The van der Waals surface area contributed by atoms with Crippen molar-refractivity contribution in [3.63, 3.8) is 0 Å². The van der Waals surface area contributed by atoms with Gasteiger partial charge in [0, 0.05) is 33.4 Å². The second kappa shape index (κ2) is 13.4. The molecular formula is C16H34IN3O2. The van der Waals surface area contributed by atoms with Crippen molar-refractivity contribution in [3.8, 4) is 0 Å². The summed E-state index contributed by atoms with van der Waals surface area (Å²) in [5, 5.41) is 6.70. The Morgan fingerprint density at radius 3 is 2.45 bits per heavy atom. The molecule has 0 heterocycles. The smallest absolute Gasteiger partial charge is 0.191 e. The van der Waals surface area contributed by atoms with Crippen molar-refractivity contribution in [3.05, 3.63) is 0 Å². The van der Waals surface area contributed by atoms with Gasteiger partial charge >= 0.3 is 0 Å². The lowest BCUT2D eigenvalue weighted by Gasteiger charge is -2.40. The average molecular weight is 427 g/mol. The highest BCUT2D eigenvalue weighted by Gasteiger charge is 2.34. The van der Waals surface area contributed by atoms with E-state index in [2.05, 4.69) is 24.5 Å². The van der Waals surface area contributed by atoms with E-state index in [4.69, 9.17) is 14.5 Å². The van der Waals surface area contributed by atoms with E-state index in [1.165, 1.54) is 25.7 Å². The first kappa shape index (κ1) is 21.9. The summed E-state index contributed by atoms with van der Waals surface area (Å²) in [6, 6.07) is 0. The first-order valence-electron chi connectivity index (χ1n) is 8.35. The maximum absolute atomic E-state index is 5.45. The van der Waals surface area contributed by atoms with Crippen LogP contribution in [0.2, 0.25) is 0 Å². The lowest BCUT2D eigenvalue weighted by atomic mass is 9.67. The summed E-state index contributed by atoms with van der Waals surface area (Å²) >= 11 is 0. The average Bonchev–Trinajstić information content (AvgIpc) is 2.45. The summed E-state index contributed by atoms with van der Waals surface area (Å²) in [6.07, 6.45) is 6.25. The molecule has 132 valence electrons. The molecule has 1 aliphatic carbocycles. The fourth-order valence-electron chi connectivity index (χ4n) is 2.51. The topological polar surface area (TPSA) is 54.9 Å². The van der Waals surface area contributed by atoms with Gasteiger partial charge in [-0.1, -0.05) is 13.3 Å². The maximum Gasteiger partial charge on any atom is 0.191 e. The van der Waals surface area contributed by atoms with Gasteiger partial charge in [0.15, 0.2) is 5.96 Å². The number of guanidine groups is 1. The predicted molar refractivity (Wildman–Crippen MR) is 103 cm³/mol. The van der Waals surface area contributed by atoms with Gasteiger partial charge in [0.25, 0.3) is 0 Å². The monoisotopic (exact) mass is 427 g/mol. The van der Waals surface area contributed by atoms with E-state index in [0.29, 0.717) is 18.6 Å². The molecule has 1 aliphatic rings. The van der Waals surface area contributed by atoms with Gasteiger partial charge in [0.05, 0.1) is 13.2 Å². The van der Waals surface area contributed by atoms with Gasteiger partial charge in [-0.3, -0.25) is 4.99 Å². The summed E-state index contributed by atoms with van der Waals surface area (Å²) in [5.74, 6) is 0.939. The van der Waals surface area contributed by atoms with Crippen LogP contribution in [0.3, 0.4) is 0 Å². The molecule has 1 fully saturated rings. The summed E-state index contributed by atoms with van der Waals surface area (Å²) in [7, 11) is 1.69. The SMILES string of the molecule is CCNC(=NCC1(CC)CCC1)NCCCOCCOC.I. The Balaban J connectivity index is 0.00000441. The summed E-state index contributed by atoms with van der Waals surface area (Å²) in [5.41, 5.74) is 0.478. The van der Waals surface area contributed by atoms with E-state index in [9.17, 15) is 0 Å². The van der Waals surface area contributed by atoms with Crippen LogP contribution in [0.1, 0.15) is 46.0 Å². The van der Waals surface area contributed by atoms with Crippen LogP contribution in [-0.4, -0.2) is 52.5 Å². The molecule has 0 spiro atoms. The zero-order chi connectivity index (χ0) is 15.4. The van der Waals surface area contributed by atoms with Crippen molar-refractivity contribution in [2.45, 2.75) is 46.0 Å². The standard InChI is InChI=1S/C16H33N3O2.HI/c1-4-16(8-6-9-16)14-19-15(17-5-2)18-10-7-11-21-13-12-20-3;/h4-14H2,1-3H3,(H2,17,18,19);1H. The van der Waals surface area contributed by atoms with Gasteiger partial charge in [0.1, 0.15) is 0 Å². The Morgan fingerprint density at radius 2 is 1.91 bits per heavy atom. The number of ether oxygens (including phenoxy) is 2. The number of nitrogens with zero attached hydrogens (tertiary/aromatic N) is 1. The Morgan fingerprint density at radius 1 is 1.14 bits per heavy atom. The molecule has 6 heteroatoms. The largest absolute Gasteiger partial charge is 0.382 e. The van der Waals surface area contributed by atoms with Crippen LogP contribution in [0.4, 0.5) is 0 Å². The Hall–Kier alpha value is -0.0800. The highest BCUT2D eigenvalue weighted by molar-refractivity contribution is 14.0. The van der Waals surface area contributed by atoms with Crippen LogP contribution < -0.4 is 10.6 Å². The van der Waals surface area contributed by atoms with Gasteiger partial charge in [-0.05, 0) is 38.0 Å². The minimum atomic E-state index is 0. The Bertz CT molecular complexity index is 292. The van der Waals surface area contributed by atoms with E-state index in [1.54, 1.807) is 7.11 Å². The van der Waals surface area contributed by atoms with Gasteiger partial charge in [-0.2, -0.15) is 0 Å². The molecule has 2 N–H and O–H groups in total. The van der Waals surface area contributed by atoms with Crippen molar-refractivity contribution in [2.75, 3.05) is 46.6 Å². The third-order valence-electron chi connectivity index (χ3n) is 4.27. The van der Waals surface area contributed by atoms with E-state index in [1.807, 2.05) is 0 Å². The second-order valence-electron chi connectivity index (χ2n) is 5.79. The number of halogens is 1. The summed E-state index contributed by atoms with van der Waals surface area (Å²) in [6.45, 7) is 9.21. The molecule has 5 nitrogen and oxygen atoms in total. The zero-order valence-electron chi connectivity index (χ0n) is 14.5. The molecule has 22 heavy (non-hydrogen) atoms. The van der Waals surface area contributed by atoms with E-state index in [0.717, 1.165) is 38.6 Å². The molecule has 0 aromatic heterocycles. The van der Waals surface area contributed by atoms with E-state index in [-0.39, 0.29) is 24.0 Å². The lowest BCUT2D eigenvalue weighted by molar-refractivity contribution is 0.0698. The van der Waals surface area contributed by atoms with Crippen molar-refractivity contribution in [1.82, 2.24) is 10.6 Å². The number of aliphatic imine (C=N–C) groups is 1. The fraction of sp³-hybridized carbons (Fsp3) is 0.938. The van der Waals surface area contributed by atoms with Gasteiger partial charge in [-0.25, -0.2) is 0 Å². The maximum atomic E-state index is 5.45. The minimum absolute atomic E-state index is 0.